The van der Waals surface area contributed by atoms with E-state index in [4.69, 9.17) is 0 Å². The Hall–Kier alpha value is -0.340. The summed E-state index contributed by atoms with van der Waals surface area (Å²) in [7, 11) is 0. The molecule has 0 aromatic carbocycles. The summed E-state index contributed by atoms with van der Waals surface area (Å²) in [5, 5.41) is 3.73. The lowest BCUT2D eigenvalue weighted by Gasteiger charge is -2.41. The van der Waals surface area contributed by atoms with Crippen molar-refractivity contribution in [2.75, 3.05) is 19.6 Å². The highest BCUT2D eigenvalue weighted by atomic mass is 15.2. The van der Waals surface area contributed by atoms with Gasteiger partial charge in [0.2, 0.25) is 0 Å². The van der Waals surface area contributed by atoms with E-state index in [-0.39, 0.29) is 0 Å². The highest BCUT2D eigenvalue weighted by molar-refractivity contribution is 4.98. The number of nitrogens with zero attached hydrogens (tertiary/aromatic N) is 1. The predicted octanol–water partition coefficient (Wildman–Crippen LogP) is 3.05. The first-order valence-electron chi connectivity index (χ1n) is 7.19. The molecule has 0 aliphatic carbocycles. The third kappa shape index (κ3) is 4.44. The second kappa shape index (κ2) is 7.17. The minimum atomic E-state index is 0.674. The van der Waals surface area contributed by atoms with Gasteiger partial charge in [0.1, 0.15) is 0 Å². The minimum absolute atomic E-state index is 0.674. The van der Waals surface area contributed by atoms with Crippen molar-refractivity contribution in [3.8, 4) is 0 Å². The molecule has 1 fully saturated rings. The van der Waals surface area contributed by atoms with Gasteiger partial charge >= 0.3 is 0 Å². The maximum Gasteiger partial charge on any atom is 0.0222 e. The van der Waals surface area contributed by atoms with Crippen molar-refractivity contribution in [3.63, 3.8) is 0 Å². The largest absolute Gasteiger partial charge is 0.311 e. The molecule has 1 rings (SSSR count). The highest BCUT2D eigenvalue weighted by Crippen LogP contribution is 2.17. The van der Waals surface area contributed by atoms with Crippen LogP contribution in [0, 0.1) is 5.92 Å². The Bertz CT molecular complexity index is 243. The quantitative estimate of drug-likeness (QED) is 0.741. The molecule has 0 bridgehead atoms. The van der Waals surface area contributed by atoms with E-state index in [2.05, 4.69) is 50.9 Å². The Kier molecular flexibility index (Phi) is 6.21. The molecule has 0 amide bonds. The molecule has 3 atom stereocenters. The van der Waals surface area contributed by atoms with E-state index < -0.39 is 0 Å². The molecule has 1 saturated heterocycles. The third-order valence-electron chi connectivity index (χ3n) is 4.10. The van der Waals surface area contributed by atoms with Crippen LogP contribution in [0.25, 0.3) is 0 Å². The normalized spacial score (nSPS) is 27.8. The van der Waals surface area contributed by atoms with Crippen LogP contribution >= 0.6 is 0 Å². The van der Waals surface area contributed by atoms with E-state index in [1.54, 1.807) is 0 Å². The van der Waals surface area contributed by atoms with Crippen molar-refractivity contribution < 1.29 is 0 Å². The summed E-state index contributed by atoms with van der Waals surface area (Å²) < 4.78 is 0. The molecule has 1 aliphatic rings. The Morgan fingerprint density at radius 2 is 2.12 bits per heavy atom. The van der Waals surface area contributed by atoms with E-state index in [1.165, 1.54) is 25.0 Å². The lowest BCUT2D eigenvalue weighted by molar-refractivity contribution is 0.119. The summed E-state index contributed by atoms with van der Waals surface area (Å²) in [6, 6.07) is 1.39. The van der Waals surface area contributed by atoms with Gasteiger partial charge in [-0.3, -0.25) is 4.90 Å². The molecule has 0 aromatic heterocycles. The summed E-state index contributed by atoms with van der Waals surface area (Å²) in [4.78, 5) is 2.65. The van der Waals surface area contributed by atoms with Crippen LogP contribution in [0.4, 0.5) is 0 Å². The molecule has 0 radical (unpaired) electrons. The van der Waals surface area contributed by atoms with Crippen molar-refractivity contribution >= 4 is 0 Å². The monoisotopic (exact) mass is 238 g/mol. The van der Waals surface area contributed by atoms with Crippen molar-refractivity contribution in [2.45, 2.75) is 59.5 Å². The van der Waals surface area contributed by atoms with Crippen molar-refractivity contribution in [2.24, 2.45) is 5.92 Å². The first-order valence-corrected chi connectivity index (χ1v) is 7.19. The predicted molar refractivity (Wildman–Crippen MR) is 76.3 cm³/mol. The second-order valence-corrected chi connectivity index (χ2v) is 5.70. The molecular formula is C15H30N2. The molecule has 0 aromatic rings. The van der Waals surface area contributed by atoms with Crippen molar-refractivity contribution in [1.82, 2.24) is 10.2 Å². The minimum Gasteiger partial charge on any atom is -0.311 e. The number of hydrogen-bond acceptors (Lipinski definition) is 2. The summed E-state index contributed by atoms with van der Waals surface area (Å²) in [5.41, 5.74) is 1.43. The second-order valence-electron chi connectivity index (χ2n) is 5.70. The molecule has 100 valence electrons. The number of rotatable bonds is 5. The van der Waals surface area contributed by atoms with Crippen LogP contribution < -0.4 is 5.32 Å². The standard InChI is InChI=1S/C15H30N2/c1-6-13(5)15-11-17(9-8-12(3)4)14(7-2)10-16-15/h8,13-16H,6-7,9-11H2,1-5H3. The fraction of sp³-hybridized carbons (Fsp3) is 0.867. The lowest BCUT2D eigenvalue weighted by atomic mass is 9.95. The zero-order chi connectivity index (χ0) is 12.8. The smallest absolute Gasteiger partial charge is 0.0222 e. The summed E-state index contributed by atoms with van der Waals surface area (Å²) >= 11 is 0. The highest BCUT2D eigenvalue weighted by Gasteiger charge is 2.28. The van der Waals surface area contributed by atoms with Crippen LogP contribution in [0.5, 0.6) is 0 Å². The Morgan fingerprint density at radius 3 is 2.65 bits per heavy atom. The van der Waals surface area contributed by atoms with Crippen LogP contribution in [0.15, 0.2) is 11.6 Å². The van der Waals surface area contributed by atoms with Crippen LogP contribution in [0.3, 0.4) is 0 Å². The van der Waals surface area contributed by atoms with Gasteiger partial charge in [-0.15, -0.1) is 0 Å². The Labute approximate surface area is 107 Å². The van der Waals surface area contributed by atoms with Gasteiger partial charge in [-0.25, -0.2) is 0 Å². The molecule has 17 heavy (non-hydrogen) atoms. The summed E-state index contributed by atoms with van der Waals surface area (Å²) in [6.45, 7) is 14.8. The average molecular weight is 238 g/mol. The molecule has 1 N–H and O–H groups in total. The maximum absolute atomic E-state index is 3.73. The summed E-state index contributed by atoms with van der Waals surface area (Å²) in [6.07, 6.45) is 4.88. The zero-order valence-electron chi connectivity index (χ0n) is 12.3. The van der Waals surface area contributed by atoms with E-state index in [0.29, 0.717) is 12.1 Å². The van der Waals surface area contributed by atoms with Crippen LogP contribution in [0.2, 0.25) is 0 Å². The zero-order valence-corrected chi connectivity index (χ0v) is 12.3. The van der Waals surface area contributed by atoms with E-state index in [0.717, 1.165) is 19.0 Å². The van der Waals surface area contributed by atoms with Gasteiger partial charge in [-0.2, -0.15) is 0 Å². The molecule has 0 spiro atoms. The fourth-order valence-electron chi connectivity index (χ4n) is 2.47. The van der Waals surface area contributed by atoms with Crippen molar-refractivity contribution in [1.29, 1.82) is 0 Å². The number of piperazine rings is 1. The summed E-state index contributed by atoms with van der Waals surface area (Å²) in [5.74, 6) is 0.780. The van der Waals surface area contributed by atoms with Gasteiger partial charge in [0, 0.05) is 31.7 Å². The number of allylic oxidation sites excluding steroid dienone is 1. The van der Waals surface area contributed by atoms with Crippen LogP contribution in [-0.4, -0.2) is 36.6 Å². The van der Waals surface area contributed by atoms with E-state index in [9.17, 15) is 0 Å². The maximum atomic E-state index is 3.73. The molecule has 1 heterocycles. The lowest BCUT2D eigenvalue weighted by Crippen LogP contribution is -2.58. The van der Waals surface area contributed by atoms with Gasteiger partial charge in [-0.1, -0.05) is 38.8 Å². The molecule has 0 saturated carbocycles. The fourth-order valence-corrected chi connectivity index (χ4v) is 2.47. The topological polar surface area (TPSA) is 15.3 Å². The first-order chi connectivity index (χ1) is 8.08. The molecule has 2 heteroatoms. The van der Waals surface area contributed by atoms with Gasteiger partial charge in [0.25, 0.3) is 0 Å². The third-order valence-corrected chi connectivity index (χ3v) is 4.10. The van der Waals surface area contributed by atoms with Crippen LogP contribution in [0.1, 0.15) is 47.5 Å². The van der Waals surface area contributed by atoms with Crippen LogP contribution in [-0.2, 0) is 0 Å². The van der Waals surface area contributed by atoms with Gasteiger partial charge in [0.05, 0.1) is 0 Å². The first kappa shape index (κ1) is 14.7. The van der Waals surface area contributed by atoms with E-state index in [1.807, 2.05) is 0 Å². The SMILES string of the molecule is CCC(C)C1CN(CC=C(C)C)C(CC)CN1. The van der Waals surface area contributed by atoms with Crippen molar-refractivity contribution in [3.05, 3.63) is 11.6 Å². The molecule has 3 unspecified atom stereocenters. The Morgan fingerprint density at radius 1 is 1.41 bits per heavy atom. The number of nitrogens with one attached hydrogen (secondary N) is 1. The van der Waals surface area contributed by atoms with Gasteiger partial charge in [-0.05, 0) is 26.2 Å². The van der Waals surface area contributed by atoms with E-state index >= 15 is 0 Å². The molecule has 2 nitrogen and oxygen atoms in total. The van der Waals surface area contributed by atoms with Gasteiger partial charge in [0.15, 0.2) is 0 Å². The Balaban J connectivity index is 2.58. The molecular weight excluding hydrogens is 208 g/mol. The number of hydrogen-bond donors (Lipinski definition) is 1. The molecule has 1 aliphatic heterocycles. The van der Waals surface area contributed by atoms with Gasteiger partial charge < -0.3 is 5.32 Å². The average Bonchev–Trinajstić information content (AvgIpc) is 2.34.